The molecule has 19 heavy (non-hydrogen) atoms. The predicted octanol–water partition coefficient (Wildman–Crippen LogP) is 2.80. The summed E-state index contributed by atoms with van der Waals surface area (Å²) >= 11 is 7.30. The number of carbonyl (C=O) groups is 2. The molecule has 1 aromatic carbocycles. The molecule has 0 bridgehead atoms. The van der Waals surface area contributed by atoms with Gasteiger partial charge in [0.2, 0.25) is 5.91 Å². The zero-order chi connectivity index (χ0) is 14.5. The van der Waals surface area contributed by atoms with Gasteiger partial charge in [0.25, 0.3) is 0 Å². The first-order valence-corrected chi connectivity index (χ1v) is 7.07. The van der Waals surface area contributed by atoms with Crippen molar-refractivity contribution in [1.82, 2.24) is 5.32 Å². The van der Waals surface area contributed by atoms with Gasteiger partial charge in [0.1, 0.15) is 0 Å². The number of thioether (sulfide) groups is 1. The fourth-order valence-electron chi connectivity index (χ4n) is 1.54. The largest absolute Gasteiger partial charge is 0.481 e. The zero-order valence-corrected chi connectivity index (χ0v) is 12.3. The molecule has 1 aromatic rings. The maximum atomic E-state index is 11.8. The Balaban J connectivity index is 2.48. The van der Waals surface area contributed by atoms with Crippen molar-refractivity contribution >= 4 is 35.2 Å². The van der Waals surface area contributed by atoms with E-state index in [0.29, 0.717) is 5.02 Å². The number of rotatable bonds is 6. The van der Waals surface area contributed by atoms with Crippen molar-refractivity contribution < 1.29 is 14.7 Å². The highest BCUT2D eigenvalue weighted by Gasteiger charge is 2.23. The lowest BCUT2D eigenvalue weighted by molar-refractivity contribution is -0.138. The molecule has 2 N–H and O–H groups in total. The minimum absolute atomic E-state index is 0.116. The molecule has 6 heteroatoms. The Kier molecular flexibility index (Phi) is 5.69. The second-order valence-electron chi connectivity index (χ2n) is 4.72. The Labute approximate surface area is 121 Å². The molecule has 0 aliphatic rings. The van der Waals surface area contributed by atoms with E-state index in [1.165, 1.54) is 11.8 Å². The quantitative estimate of drug-likeness (QED) is 0.793. The number of nitrogens with one attached hydrogen (secondary N) is 1. The van der Waals surface area contributed by atoms with Crippen molar-refractivity contribution in [3.63, 3.8) is 0 Å². The van der Waals surface area contributed by atoms with Crippen LogP contribution in [0.1, 0.15) is 20.3 Å². The van der Waals surface area contributed by atoms with E-state index in [-0.39, 0.29) is 18.1 Å². The number of carboxylic acid groups (broad SMARTS) is 1. The van der Waals surface area contributed by atoms with Crippen LogP contribution in [0, 0.1) is 0 Å². The zero-order valence-electron chi connectivity index (χ0n) is 10.8. The lowest BCUT2D eigenvalue weighted by Gasteiger charge is -2.24. The molecule has 1 rings (SSSR count). The van der Waals surface area contributed by atoms with E-state index in [1.54, 1.807) is 19.9 Å². The van der Waals surface area contributed by atoms with Gasteiger partial charge >= 0.3 is 5.97 Å². The van der Waals surface area contributed by atoms with Crippen molar-refractivity contribution in [2.24, 2.45) is 0 Å². The molecule has 0 radical (unpaired) electrons. The summed E-state index contributed by atoms with van der Waals surface area (Å²) < 4.78 is 0. The van der Waals surface area contributed by atoms with Crippen LogP contribution >= 0.6 is 23.4 Å². The molecule has 4 nitrogen and oxygen atoms in total. The molecule has 0 aliphatic heterocycles. The predicted molar refractivity (Wildman–Crippen MR) is 76.7 cm³/mol. The van der Waals surface area contributed by atoms with E-state index < -0.39 is 11.5 Å². The van der Waals surface area contributed by atoms with Gasteiger partial charge in [-0.25, -0.2) is 0 Å². The van der Waals surface area contributed by atoms with Crippen LogP contribution in [0.3, 0.4) is 0 Å². The molecular formula is C13H16ClNO3S. The lowest BCUT2D eigenvalue weighted by atomic mass is 10.0. The first kappa shape index (κ1) is 15.9. The van der Waals surface area contributed by atoms with E-state index in [0.717, 1.165) is 4.90 Å². The van der Waals surface area contributed by atoms with E-state index in [1.807, 2.05) is 18.2 Å². The van der Waals surface area contributed by atoms with Crippen LogP contribution in [-0.2, 0) is 9.59 Å². The van der Waals surface area contributed by atoms with E-state index >= 15 is 0 Å². The van der Waals surface area contributed by atoms with Gasteiger partial charge in [0.15, 0.2) is 0 Å². The molecule has 0 unspecified atom stereocenters. The van der Waals surface area contributed by atoms with Crippen LogP contribution in [-0.4, -0.2) is 28.3 Å². The van der Waals surface area contributed by atoms with Gasteiger partial charge in [-0.05, 0) is 26.0 Å². The molecule has 0 saturated heterocycles. The van der Waals surface area contributed by atoms with Crippen LogP contribution < -0.4 is 5.32 Å². The summed E-state index contributed by atoms with van der Waals surface area (Å²) in [6.07, 6.45) is -0.116. The summed E-state index contributed by atoms with van der Waals surface area (Å²) in [5.41, 5.74) is -0.760. The monoisotopic (exact) mass is 301 g/mol. The van der Waals surface area contributed by atoms with Gasteiger partial charge in [0.05, 0.1) is 17.2 Å². The number of hydrogen-bond acceptors (Lipinski definition) is 3. The maximum Gasteiger partial charge on any atom is 0.305 e. The Morgan fingerprint density at radius 2 is 2.00 bits per heavy atom. The second-order valence-corrected chi connectivity index (χ2v) is 6.15. The normalized spacial score (nSPS) is 11.1. The highest BCUT2D eigenvalue weighted by molar-refractivity contribution is 8.00. The Bertz CT molecular complexity index is 477. The van der Waals surface area contributed by atoms with Crippen LogP contribution in [0.15, 0.2) is 29.2 Å². The third-order valence-corrected chi connectivity index (χ3v) is 3.78. The minimum atomic E-state index is -0.941. The number of aliphatic carboxylic acids is 1. The van der Waals surface area contributed by atoms with E-state index in [4.69, 9.17) is 16.7 Å². The average molecular weight is 302 g/mol. The Morgan fingerprint density at radius 1 is 1.37 bits per heavy atom. The molecule has 0 fully saturated rings. The fraction of sp³-hybridized carbons (Fsp3) is 0.385. The van der Waals surface area contributed by atoms with Crippen LogP contribution in [0.5, 0.6) is 0 Å². The smallest absolute Gasteiger partial charge is 0.305 e. The Hall–Kier alpha value is -1.20. The third-order valence-electron chi connectivity index (χ3n) is 2.27. The van der Waals surface area contributed by atoms with E-state index in [9.17, 15) is 9.59 Å². The summed E-state index contributed by atoms with van der Waals surface area (Å²) in [6, 6.07) is 7.27. The SMILES string of the molecule is CC(C)(CC(=O)O)NC(=O)CSc1ccccc1Cl. The summed E-state index contributed by atoms with van der Waals surface area (Å²) in [6.45, 7) is 3.36. The van der Waals surface area contributed by atoms with Crippen molar-refractivity contribution in [1.29, 1.82) is 0 Å². The topological polar surface area (TPSA) is 66.4 Å². The van der Waals surface area contributed by atoms with Gasteiger partial charge in [0, 0.05) is 10.4 Å². The fourth-order valence-corrected chi connectivity index (χ4v) is 2.58. The highest BCUT2D eigenvalue weighted by atomic mass is 35.5. The highest BCUT2D eigenvalue weighted by Crippen LogP contribution is 2.26. The summed E-state index contributed by atoms with van der Waals surface area (Å²) in [4.78, 5) is 23.2. The van der Waals surface area contributed by atoms with Gasteiger partial charge in [-0.15, -0.1) is 11.8 Å². The molecular weight excluding hydrogens is 286 g/mol. The molecule has 0 aliphatic carbocycles. The van der Waals surface area contributed by atoms with Gasteiger partial charge in [-0.1, -0.05) is 23.7 Å². The second kappa shape index (κ2) is 6.82. The number of halogens is 1. The minimum Gasteiger partial charge on any atom is -0.481 e. The molecule has 1 amide bonds. The van der Waals surface area contributed by atoms with Crippen LogP contribution in [0.4, 0.5) is 0 Å². The van der Waals surface area contributed by atoms with Crippen LogP contribution in [0.2, 0.25) is 5.02 Å². The van der Waals surface area contributed by atoms with Gasteiger partial charge < -0.3 is 10.4 Å². The summed E-state index contributed by atoms with van der Waals surface area (Å²) in [7, 11) is 0. The van der Waals surface area contributed by atoms with Gasteiger partial charge in [-0.3, -0.25) is 9.59 Å². The van der Waals surface area contributed by atoms with Crippen molar-refractivity contribution in [3.05, 3.63) is 29.3 Å². The Morgan fingerprint density at radius 3 is 2.58 bits per heavy atom. The summed E-state index contributed by atoms with van der Waals surface area (Å²) in [5, 5.41) is 12.0. The standard InChI is InChI=1S/C13H16ClNO3S/c1-13(2,7-12(17)18)15-11(16)8-19-10-6-4-3-5-9(10)14/h3-6H,7-8H2,1-2H3,(H,15,16)(H,17,18). The number of hydrogen-bond donors (Lipinski definition) is 2. The number of carboxylic acids is 1. The molecule has 104 valence electrons. The van der Waals surface area contributed by atoms with E-state index in [2.05, 4.69) is 5.32 Å². The van der Waals surface area contributed by atoms with Crippen molar-refractivity contribution in [2.75, 3.05) is 5.75 Å². The molecule has 0 atom stereocenters. The number of benzene rings is 1. The first-order chi connectivity index (χ1) is 8.80. The van der Waals surface area contributed by atoms with Gasteiger partial charge in [-0.2, -0.15) is 0 Å². The third kappa shape index (κ3) is 5.98. The molecule has 0 saturated carbocycles. The molecule has 0 heterocycles. The van der Waals surface area contributed by atoms with Crippen molar-refractivity contribution in [2.45, 2.75) is 30.7 Å². The maximum absolute atomic E-state index is 11.8. The molecule has 0 spiro atoms. The van der Waals surface area contributed by atoms with Crippen LogP contribution in [0.25, 0.3) is 0 Å². The average Bonchev–Trinajstić information content (AvgIpc) is 2.25. The summed E-state index contributed by atoms with van der Waals surface area (Å²) in [5.74, 6) is -0.951. The lowest BCUT2D eigenvalue weighted by Crippen LogP contribution is -2.45. The number of amides is 1. The van der Waals surface area contributed by atoms with Crippen molar-refractivity contribution in [3.8, 4) is 0 Å². The first-order valence-electron chi connectivity index (χ1n) is 5.70. The molecule has 0 aromatic heterocycles. The number of carbonyl (C=O) groups excluding carboxylic acids is 1.